The van der Waals surface area contributed by atoms with Gasteiger partial charge in [0.15, 0.2) is 0 Å². The van der Waals surface area contributed by atoms with Crippen molar-refractivity contribution in [3.05, 3.63) is 29.8 Å². The molecule has 0 aliphatic carbocycles. The lowest BCUT2D eigenvalue weighted by Crippen LogP contribution is -2.46. The molecule has 0 unspecified atom stereocenters. The van der Waals surface area contributed by atoms with Crippen molar-refractivity contribution in [1.82, 2.24) is 10.0 Å². The van der Waals surface area contributed by atoms with Crippen LogP contribution >= 0.6 is 0 Å². The molecule has 1 fully saturated rings. The summed E-state index contributed by atoms with van der Waals surface area (Å²) in [6, 6.07) is 7.55. The monoisotopic (exact) mass is 367 g/mol. The van der Waals surface area contributed by atoms with Gasteiger partial charge in [0.05, 0.1) is 11.3 Å². The molecule has 1 aromatic carbocycles. The van der Waals surface area contributed by atoms with Gasteiger partial charge >= 0.3 is 0 Å². The zero-order valence-electron chi connectivity index (χ0n) is 15.5. The lowest BCUT2D eigenvalue weighted by atomic mass is 10.0. The zero-order valence-corrected chi connectivity index (χ0v) is 16.3. The summed E-state index contributed by atoms with van der Waals surface area (Å²) in [5.74, 6) is 0.0140. The van der Waals surface area contributed by atoms with Gasteiger partial charge in [0, 0.05) is 30.4 Å². The van der Waals surface area contributed by atoms with Crippen molar-refractivity contribution in [2.45, 2.75) is 52.1 Å². The summed E-state index contributed by atoms with van der Waals surface area (Å²) in [6.07, 6.45) is 1.46. The highest BCUT2D eigenvalue weighted by Crippen LogP contribution is 2.25. The molecule has 25 heavy (non-hydrogen) atoms. The number of carbonyl (C=O) groups excluding carboxylic acids is 1. The van der Waals surface area contributed by atoms with Gasteiger partial charge in [-0.3, -0.25) is 4.79 Å². The van der Waals surface area contributed by atoms with E-state index in [2.05, 4.69) is 14.9 Å². The maximum atomic E-state index is 12.6. The Balaban J connectivity index is 2.08. The van der Waals surface area contributed by atoms with E-state index in [4.69, 9.17) is 0 Å². The third-order valence-corrected chi connectivity index (χ3v) is 5.65. The van der Waals surface area contributed by atoms with Gasteiger partial charge in [-0.1, -0.05) is 12.1 Å². The number of amides is 1. The van der Waals surface area contributed by atoms with Crippen molar-refractivity contribution >= 4 is 21.6 Å². The molecule has 0 aromatic heterocycles. The lowest BCUT2D eigenvalue weighted by Gasteiger charge is -2.35. The van der Waals surface area contributed by atoms with Crippen LogP contribution in [0, 0.1) is 0 Å². The topological polar surface area (TPSA) is 78.5 Å². The summed E-state index contributed by atoms with van der Waals surface area (Å²) < 4.78 is 26.2. The molecule has 6 nitrogen and oxygen atoms in total. The number of nitrogens with one attached hydrogen (secondary N) is 2. The molecule has 0 atom stereocenters. The number of nitrogens with zero attached hydrogens (tertiary/aromatic N) is 1. The maximum Gasteiger partial charge on any atom is 0.253 e. The SMILES string of the molecule is CCS(=O)(=O)NC1CCN(c2ccccc2C(=O)NC(C)(C)C)CC1. The van der Waals surface area contributed by atoms with E-state index in [0.29, 0.717) is 5.56 Å². The van der Waals surface area contributed by atoms with Crippen LogP contribution in [0.15, 0.2) is 24.3 Å². The molecule has 0 bridgehead atoms. The maximum absolute atomic E-state index is 12.6. The van der Waals surface area contributed by atoms with Crippen LogP contribution in [-0.4, -0.2) is 44.7 Å². The average molecular weight is 368 g/mol. The highest BCUT2D eigenvalue weighted by molar-refractivity contribution is 7.89. The van der Waals surface area contributed by atoms with Crippen LogP contribution in [0.1, 0.15) is 50.9 Å². The number of hydrogen-bond donors (Lipinski definition) is 2. The van der Waals surface area contributed by atoms with E-state index in [1.54, 1.807) is 6.92 Å². The molecule has 1 aliphatic rings. The van der Waals surface area contributed by atoms with Crippen LogP contribution in [-0.2, 0) is 10.0 Å². The molecule has 1 aliphatic heterocycles. The Morgan fingerprint density at radius 2 is 1.80 bits per heavy atom. The van der Waals surface area contributed by atoms with Crippen LogP contribution in [0.3, 0.4) is 0 Å². The second-order valence-corrected chi connectivity index (χ2v) is 9.55. The van der Waals surface area contributed by atoms with Gasteiger partial charge < -0.3 is 10.2 Å². The minimum Gasteiger partial charge on any atom is -0.371 e. The smallest absolute Gasteiger partial charge is 0.253 e. The van der Waals surface area contributed by atoms with Crippen molar-refractivity contribution < 1.29 is 13.2 Å². The summed E-state index contributed by atoms with van der Waals surface area (Å²) in [4.78, 5) is 14.7. The van der Waals surface area contributed by atoms with E-state index in [0.717, 1.165) is 31.6 Å². The fourth-order valence-corrected chi connectivity index (χ4v) is 3.84. The second-order valence-electron chi connectivity index (χ2n) is 7.50. The van der Waals surface area contributed by atoms with Gasteiger partial charge in [-0.15, -0.1) is 0 Å². The zero-order chi connectivity index (χ0) is 18.7. The fourth-order valence-electron chi connectivity index (χ4n) is 2.92. The Morgan fingerprint density at radius 3 is 2.36 bits per heavy atom. The molecule has 0 saturated carbocycles. The fraction of sp³-hybridized carbons (Fsp3) is 0.611. The summed E-state index contributed by atoms with van der Waals surface area (Å²) in [7, 11) is -3.18. The quantitative estimate of drug-likeness (QED) is 0.836. The third kappa shape index (κ3) is 5.71. The highest BCUT2D eigenvalue weighted by Gasteiger charge is 2.26. The number of rotatable bonds is 5. The number of benzene rings is 1. The molecule has 1 saturated heterocycles. The number of anilines is 1. The van der Waals surface area contributed by atoms with E-state index < -0.39 is 10.0 Å². The highest BCUT2D eigenvalue weighted by atomic mass is 32.2. The number of para-hydroxylation sites is 1. The van der Waals surface area contributed by atoms with Crippen molar-refractivity contribution in [2.75, 3.05) is 23.7 Å². The van der Waals surface area contributed by atoms with Gasteiger partial charge in [-0.05, 0) is 52.7 Å². The van der Waals surface area contributed by atoms with Crippen LogP contribution in [0.2, 0.25) is 0 Å². The summed E-state index contributed by atoms with van der Waals surface area (Å²) in [5, 5.41) is 3.01. The third-order valence-electron chi connectivity index (χ3n) is 4.20. The molecule has 2 N–H and O–H groups in total. The van der Waals surface area contributed by atoms with Gasteiger partial charge in [0.2, 0.25) is 10.0 Å². The van der Waals surface area contributed by atoms with E-state index >= 15 is 0 Å². The number of carbonyl (C=O) groups is 1. The largest absolute Gasteiger partial charge is 0.371 e. The van der Waals surface area contributed by atoms with E-state index in [-0.39, 0.29) is 23.2 Å². The van der Waals surface area contributed by atoms with Crippen LogP contribution in [0.5, 0.6) is 0 Å². The number of piperidine rings is 1. The van der Waals surface area contributed by atoms with Crippen LogP contribution < -0.4 is 14.9 Å². The second kappa shape index (κ2) is 7.74. The molecule has 140 valence electrons. The molecule has 7 heteroatoms. The Bertz CT molecular complexity index is 703. The Hall–Kier alpha value is -1.60. The first-order valence-corrected chi connectivity index (χ1v) is 10.4. The Kier molecular flexibility index (Phi) is 6.11. The van der Waals surface area contributed by atoms with Crippen molar-refractivity contribution in [1.29, 1.82) is 0 Å². The summed E-state index contributed by atoms with van der Waals surface area (Å²) >= 11 is 0. The Morgan fingerprint density at radius 1 is 1.20 bits per heavy atom. The average Bonchev–Trinajstić information content (AvgIpc) is 2.54. The standard InChI is InChI=1S/C18H29N3O3S/c1-5-25(23,24)20-14-10-12-21(13-11-14)16-9-7-6-8-15(16)17(22)19-18(2,3)4/h6-9,14,20H,5,10-13H2,1-4H3,(H,19,22). The van der Waals surface area contributed by atoms with Crippen molar-refractivity contribution in [3.63, 3.8) is 0 Å². The van der Waals surface area contributed by atoms with Crippen molar-refractivity contribution in [2.24, 2.45) is 0 Å². The van der Waals surface area contributed by atoms with Gasteiger partial charge in [-0.2, -0.15) is 0 Å². The minimum absolute atomic E-state index is 0.0308. The summed E-state index contributed by atoms with van der Waals surface area (Å²) in [5.41, 5.74) is 1.27. The van der Waals surface area contributed by atoms with Crippen LogP contribution in [0.25, 0.3) is 0 Å². The van der Waals surface area contributed by atoms with Gasteiger partial charge in [-0.25, -0.2) is 13.1 Å². The first-order valence-electron chi connectivity index (χ1n) is 8.78. The molecule has 0 radical (unpaired) electrons. The molecule has 2 rings (SSSR count). The number of hydrogen-bond acceptors (Lipinski definition) is 4. The minimum atomic E-state index is -3.18. The molecular weight excluding hydrogens is 338 g/mol. The predicted octanol–water partition coefficient (Wildman–Crippen LogP) is 2.12. The van der Waals surface area contributed by atoms with Crippen LogP contribution in [0.4, 0.5) is 5.69 Å². The molecule has 1 aromatic rings. The lowest BCUT2D eigenvalue weighted by molar-refractivity contribution is 0.0920. The molecule has 0 spiro atoms. The van der Waals surface area contributed by atoms with Gasteiger partial charge in [0.25, 0.3) is 5.91 Å². The van der Waals surface area contributed by atoms with E-state index in [9.17, 15) is 13.2 Å². The first-order chi connectivity index (χ1) is 11.6. The summed E-state index contributed by atoms with van der Waals surface area (Å²) in [6.45, 7) is 8.95. The molecule has 1 amide bonds. The number of sulfonamides is 1. The molecular formula is C18H29N3O3S. The van der Waals surface area contributed by atoms with Gasteiger partial charge in [0.1, 0.15) is 0 Å². The predicted molar refractivity (Wildman–Crippen MR) is 101 cm³/mol. The normalized spacial score (nSPS) is 16.7. The Labute approximate surface area is 151 Å². The van der Waals surface area contributed by atoms with E-state index in [1.165, 1.54) is 0 Å². The van der Waals surface area contributed by atoms with Crippen molar-refractivity contribution in [3.8, 4) is 0 Å². The first kappa shape index (κ1) is 19.7. The van der Waals surface area contributed by atoms with E-state index in [1.807, 2.05) is 45.0 Å². The molecule has 1 heterocycles.